The molecule has 0 bridgehead atoms. The summed E-state index contributed by atoms with van der Waals surface area (Å²) < 4.78 is 163. The summed E-state index contributed by atoms with van der Waals surface area (Å²) in [5, 5.41) is 8.16. The maximum Gasteiger partial charge on any atom is 0.430 e. The molecule has 2 saturated heterocycles. The Morgan fingerprint density at radius 2 is 1.35 bits per heavy atom. The average Bonchev–Trinajstić information content (AvgIpc) is 3.73. The van der Waals surface area contributed by atoms with E-state index in [0.29, 0.717) is 48.8 Å². The van der Waals surface area contributed by atoms with Gasteiger partial charge in [0.25, 0.3) is 5.60 Å². The second-order valence-corrected chi connectivity index (χ2v) is 15.8. The topological polar surface area (TPSA) is 97.6 Å². The normalized spacial score (nSPS) is 19.0. The Bertz CT molecular complexity index is 2100. The number of piperidine rings is 1. The molecule has 3 aromatic carbocycles. The third kappa shape index (κ3) is 6.93. The lowest BCUT2D eigenvalue weighted by molar-refractivity contribution is -0.392. The van der Waals surface area contributed by atoms with Gasteiger partial charge in [-0.25, -0.2) is 26.4 Å². The van der Waals surface area contributed by atoms with Crippen molar-refractivity contribution in [1.82, 2.24) is 24.6 Å². The molecule has 2 amide bonds. The van der Waals surface area contributed by atoms with Crippen molar-refractivity contribution >= 4 is 15.9 Å². The fourth-order valence-electron chi connectivity index (χ4n) is 7.51. The number of sulfone groups is 1. The molecule has 9 nitrogen and oxygen atoms in total. The predicted molar refractivity (Wildman–Crippen MR) is 178 cm³/mol. The summed E-state index contributed by atoms with van der Waals surface area (Å²) in [5.74, 6) is -2.24. The molecule has 0 saturated carbocycles. The molecule has 2 aliphatic heterocycles. The van der Waals surface area contributed by atoms with E-state index in [4.69, 9.17) is 0 Å². The van der Waals surface area contributed by atoms with E-state index in [1.807, 2.05) is 18.4 Å². The summed E-state index contributed by atoms with van der Waals surface area (Å²) in [7, 11) is -4.63. The molecule has 3 heterocycles. The number of carbonyl (C=O) groups excluding carboxylic acids is 1. The maximum absolute atomic E-state index is 14.6. The first-order valence-corrected chi connectivity index (χ1v) is 18.5. The number of urea groups is 1. The van der Waals surface area contributed by atoms with Crippen LogP contribution in [0, 0.1) is 31.3 Å². The zero-order valence-electron chi connectivity index (χ0n) is 29.3. The van der Waals surface area contributed by atoms with E-state index in [0.717, 1.165) is 42.5 Å². The van der Waals surface area contributed by atoms with Gasteiger partial charge in [-0.2, -0.15) is 26.3 Å². The minimum absolute atomic E-state index is 0.00400. The average molecular weight is 804 g/mol. The Hall–Kier alpha value is -4.65. The number of likely N-dealkylation sites (tertiary alicyclic amines) is 2. The molecule has 1 atom stereocenters. The van der Waals surface area contributed by atoms with Crippen LogP contribution in [0.3, 0.4) is 0 Å². The highest BCUT2D eigenvalue weighted by Crippen LogP contribution is 2.54. The van der Waals surface area contributed by atoms with Crippen LogP contribution < -0.4 is 0 Å². The van der Waals surface area contributed by atoms with Gasteiger partial charge in [-0.15, -0.1) is 10.2 Å². The first kappa shape index (κ1) is 40.0. The van der Waals surface area contributed by atoms with Gasteiger partial charge in [0.2, 0.25) is 0 Å². The van der Waals surface area contributed by atoms with Gasteiger partial charge >= 0.3 is 18.4 Å². The van der Waals surface area contributed by atoms with Crippen LogP contribution in [-0.4, -0.2) is 77.5 Å². The van der Waals surface area contributed by atoms with Gasteiger partial charge in [-0.05, 0) is 75.1 Å². The zero-order chi connectivity index (χ0) is 40.1. The summed E-state index contributed by atoms with van der Waals surface area (Å²) >= 11 is 0. The number of carbonyl (C=O) groups is 1. The third-order valence-electron chi connectivity index (χ3n) is 10.4. The number of hydrogen-bond donors (Lipinski definition) is 0. The summed E-state index contributed by atoms with van der Waals surface area (Å²) in [4.78, 5) is 16.2. The first-order chi connectivity index (χ1) is 25.7. The van der Waals surface area contributed by atoms with Crippen LogP contribution in [0.4, 0.5) is 44.3 Å². The van der Waals surface area contributed by atoms with E-state index in [2.05, 4.69) is 14.9 Å². The lowest BCUT2D eigenvalue weighted by atomic mass is 9.88. The van der Waals surface area contributed by atoms with Crippen LogP contribution in [-0.2, 0) is 31.5 Å². The molecule has 0 aliphatic carbocycles. The number of hydrogen-bond acceptors (Lipinski definition) is 6. The number of rotatable bonds is 8. The Balaban J connectivity index is 1.35. The van der Waals surface area contributed by atoms with E-state index >= 15 is 0 Å². The molecule has 1 unspecified atom stereocenters. The molecular formula is C36H34F9N5O4S. The van der Waals surface area contributed by atoms with Crippen LogP contribution in [0.5, 0.6) is 0 Å². The predicted octanol–water partition coefficient (Wildman–Crippen LogP) is 7.68. The van der Waals surface area contributed by atoms with Gasteiger partial charge in [-0.3, -0.25) is 0 Å². The Labute approximate surface area is 309 Å². The molecule has 0 radical (unpaired) electrons. The zero-order valence-corrected chi connectivity index (χ0v) is 30.1. The van der Waals surface area contributed by atoms with Crippen LogP contribution in [0.25, 0.3) is 0 Å². The van der Waals surface area contributed by atoms with Crippen molar-refractivity contribution in [2.45, 2.75) is 73.4 Å². The van der Waals surface area contributed by atoms with E-state index < -0.39 is 85.2 Å². The maximum atomic E-state index is 14.6. The fourth-order valence-corrected chi connectivity index (χ4v) is 9.59. The number of benzene rings is 3. The molecule has 296 valence electrons. The number of aromatic nitrogens is 3. The molecule has 55 heavy (non-hydrogen) atoms. The molecule has 2 aliphatic rings. The largest absolute Gasteiger partial charge is 0.430 e. The Morgan fingerprint density at radius 3 is 1.87 bits per heavy atom. The van der Waals surface area contributed by atoms with Crippen LogP contribution in [0.15, 0.2) is 71.6 Å². The quantitative estimate of drug-likeness (QED) is 0.134. The third-order valence-corrected chi connectivity index (χ3v) is 12.9. The summed E-state index contributed by atoms with van der Waals surface area (Å²) in [6.07, 6.45) is -11.7. The second kappa shape index (κ2) is 14.5. The van der Waals surface area contributed by atoms with Crippen molar-refractivity contribution < 1.29 is 57.5 Å². The highest BCUT2D eigenvalue weighted by Gasteiger charge is 2.73. The molecule has 1 aromatic heterocycles. The second-order valence-electron chi connectivity index (χ2n) is 13.5. The number of nitrogens with zero attached hydrogens (tertiary/aromatic N) is 5. The van der Waals surface area contributed by atoms with Gasteiger partial charge in [0.05, 0.1) is 11.5 Å². The van der Waals surface area contributed by atoms with Gasteiger partial charge in [0.1, 0.15) is 33.8 Å². The highest BCUT2D eigenvalue weighted by atomic mass is 32.2. The summed E-state index contributed by atoms with van der Waals surface area (Å²) in [6.45, 7) is 1.73. The van der Waals surface area contributed by atoms with Crippen LogP contribution >= 0.6 is 0 Å². The van der Waals surface area contributed by atoms with Crippen molar-refractivity contribution in [3.63, 3.8) is 0 Å². The number of aryl methyl sites for hydroxylation is 2. The first-order valence-electron chi connectivity index (χ1n) is 17.0. The molecule has 4 aromatic rings. The standard InChI is InChI=1S/C36H34F9N5O4S/c1-22-46-47-23(2)50(22)27-14-17-48(18-15-27)32(51)49-19-16-33(21-49,55(52,53)28-12-10-26(37)11-13-28)24-6-8-25(9-7-24)34(35(40,41)42,36(43,44)45)54-20-29-30(38)4-3-5-31(29)39/h3-13,27H,14-21H2,1-2H3. The highest BCUT2D eigenvalue weighted by molar-refractivity contribution is 7.92. The van der Waals surface area contributed by atoms with Crippen molar-refractivity contribution in [3.8, 4) is 0 Å². The monoisotopic (exact) mass is 803 g/mol. The smallest absolute Gasteiger partial charge is 0.349 e. The van der Waals surface area contributed by atoms with Crippen molar-refractivity contribution in [2.75, 3.05) is 26.2 Å². The minimum Gasteiger partial charge on any atom is -0.349 e. The molecule has 0 N–H and O–H groups in total. The van der Waals surface area contributed by atoms with Crippen molar-refractivity contribution in [2.24, 2.45) is 0 Å². The Kier molecular flexibility index (Phi) is 10.5. The fraction of sp³-hybridized carbons (Fsp3) is 0.417. The van der Waals surface area contributed by atoms with E-state index in [9.17, 15) is 52.7 Å². The molecule has 2 fully saturated rings. The summed E-state index contributed by atoms with van der Waals surface area (Å²) in [6, 6.07) is 7.62. The molecule has 0 spiro atoms. The van der Waals surface area contributed by atoms with E-state index in [-0.39, 0.29) is 37.7 Å². The molecular weight excluding hydrogens is 769 g/mol. The number of halogens is 9. The van der Waals surface area contributed by atoms with Gasteiger partial charge in [0.15, 0.2) is 9.84 Å². The lowest BCUT2D eigenvalue weighted by Gasteiger charge is -2.38. The van der Waals surface area contributed by atoms with Crippen LogP contribution in [0.1, 0.15) is 53.6 Å². The van der Waals surface area contributed by atoms with E-state index in [1.54, 1.807) is 0 Å². The van der Waals surface area contributed by atoms with Crippen molar-refractivity contribution in [3.05, 3.63) is 113 Å². The SMILES string of the molecule is Cc1nnc(C)n1C1CCN(C(=O)N2CCC(c3ccc(C(OCc4c(F)cccc4F)(C(F)(F)F)C(F)(F)F)cc3)(S(=O)(=O)c3ccc(F)cc3)C2)CC1. The van der Waals surface area contributed by atoms with Crippen molar-refractivity contribution in [1.29, 1.82) is 0 Å². The van der Waals surface area contributed by atoms with Gasteiger partial charge < -0.3 is 19.1 Å². The van der Waals surface area contributed by atoms with Crippen LogP contribution in [0.2, 0.25) is 0 Å². The molecule has 6 rings (SSSR count). The number of alkyl halides is 6. The minimum atomic E-state index is -6.23. The van der Waals surface area contributed by atoms with Gasteiger partial charge in [0, 0.05) is 43.3 Å². The molecule has 19 heteroatoms. The lowest BCUT2D eigenvalue weighted by Crippen LogP contribution is -2.56. The van der Waals surface area contributed by atoms with E-state index in [1.165, 1.54) is 9.80 Å². The number of ether oxygens (including phenoxy) is 1. The Morgan fingerprint density at radius 1 is 0.800 bits per heavy atom. The van der Waals surface area contributed by atoms with Gasteiger partial charge in [-0.1, -0.05) is 30.3 Å². The number of amides is 2. The summed E-state index contributed by atoms with van der Waals surface area (Å²) in [5.41, 5.74) is -8.09.